The van der Waals surface area contributed by atoms with Crippen LogP contribution in [0.25, 0.3) is 0 Å². The Morgan fingerprint density at radius 1 is 1.18 bits per heavy atom. The van der Waals surface area contributed by atoms with Gasteiger partial charge in [-0.1, -0.05) is 22.0 Å². The minimum absolute atomic E-state index is 0.328. The van der Waals surface area contributed by atoms with Gasteiger partial charge in [0, 0.05) is 35.4 Å². The van der Waals surface area contributed by atoms with Gasteiger partial charge in [-0.3, -0.25) is 0 Å². The molecule has 2 aromatic rings. The van der Waals surface area contributed by atoms with Crippen LogP contribution in [-0.2, 0) is 13.0 Å². The van der Waals surface area contributed by atoms with E-state index in [0.717, 1.165) is 35.5 Å². The van der Waals surface area contributed by atoms with Crippen LogP contribution in [-0.4, -0.2) is 22.6 Å². The molecule has 1 aromatic heterocycles. The number of halogens is 1. The Bertz CT molecular complexity index is 684. The van der Waals surface area contributed by atoms with E-state index in [1.54, 1.807) is 0 Å². The first-order valence-corrected chi connectivity index (χ1v) is 8.45. The Morgan fingerprint density at radius 3 is 2.77 bits per heavy atom. The van der Waals surface area contributed by atoms with Crippen molar-refractivity contribution in [2.75, 3.05) is 16.8 Å². The molecule has 0 aliphatic carbocycles. The van der Waals surface area contributed by atoms with Gasteiger partial charge in [0.25, 0.3) is 0 Å². The molecule has 2 heterocycles. The average Bonchev–Trinajstić information content (AvgIpc) is 2.45. The normalized spacial score (nSPS) is 14.1. The smallest absolute Gasteiger partial charge is 0.225 e. The Balaban J connectivity index is 1.86. The largest absolute Gasteiger partial charge is 0.352 e. The second-order valence-electron chi connectivity index (χ2n) is 6.07. The highest BCUT2D eigenvalue weighted by atomic mass is 79.9. The molecule has 1 aliphatic rings. The predicted molar refractivity (Wildman–Crippen MR) is 94.4 cm³/mol. The fraction of sp³-hybridized carbons (Fsp3) is 0.412. The van der Waals surface area contributed by atoms with Crippen molar-refractivity contribution >= 4 is 27.7 Å². The Kier molecular flexibility index (Phi) is 4.34. The Labute approximate surface area is 140 Å². The summed E-state index contributed by atoms with van der Waals surface area (Å²) in [6.45, 7) is 8.10. The molecule has 0 atom stereocenters. The van der Waals surface area contributed by atoms with Crippen molar-refractivity contribution in [2.24, 2.45) is 0 Å². The van der Waals surface area contributed by atoms with Crippen LogP contribution in [0.4, 0.5) is 11.8 Å². The van der Waals surface area contributed by atoms with E-state index in [1.165, 1.54) is 11.1 Å². The van der Waals surface area contributed by atoms with Crippen molar-refractivity contribution < 1.29 is 0 Å². The zero-order valence-corrected chi connectivity index (χ0v) is 14.8. The molecule has 4 nitrogen and oxygen atoms in total. The van der Waals surface area contributed by atoms with E-state index in [1.807, 2.05) is 6.92 Å². The summed E-state index contributed by atoms with van der Waals surface area (Å²) in [5.41, 5.74) is 3.80. The van der Waals surface area contributed by atoms with Crippen LogP contribution in [0.5, 0.6) is 0 Å². The van der Waals surface area contributed by atoms with Gasteiger partial charge in [-0.05, 0) is 50.5 Å². The van der Waals surface area contributed by atoms with Crippen LogP contribution in [0.15, 0.2) is 28.7 Å². The molecule has 0 bridgehead atoms. The molecule has 3 rings (SSSR count). The number of hydrogen-bond acceptors (Lipinski definition) is 4. The summed E-state index contributed by atoms with van der Waals surface area (Å²) in [6.07, 6.45) is 1.05. The quantitative estimate of drug-likeness (QED) is 0.900. The monoisotopic (exact) mass is 360 g/mol. The van der Waals surface area contributed by atoms with Crippen molar-refractivity contribution in [2.45, 2.75) is 39.8 Å². The Hall–Kier alpha value is -1.62. The van der Waals surface area contributed by atoms with Crippen LogP contribution >= 0.6 is 15.9 Å². The van der Waals surface area contributed by atoms with Crippen LogP contribution in [0.2, 0.25) is 0 Å². The Morgan fingerprint density at radius 2 is 2.00 bits per heavy atom. The number of aromatic nitrogens is 2. The highest BCUT2D eigenvalue weighted by molar-refractivity contribution is 9.10. The molecule has 116 valence electrons. The molecule has 0 saturated heterocycles. The van der Waals surface area contributed by atoms with Crippen LogP contribution in [0.1, 0.15) is 30.7 Å². The van der Waals surface area contributed by atoms with E-state index in [9.17, 15) is 0 Å². The maximum atomic E-state index is 4.68. The third kappa shape index (κ3) is 3.40. The van der Waals surface area contributed by atoms with Crippen LogP contribution in [0.3, 0.4) is 0 Å². The molecule has 1 aromatic carbocycles. The summed E-state index contributed by atoms with van der Waals surface area (Å²) in [7, 11) is 0. The fourth-order valence-corrected chi connectivity index (χ4v) is 3.16. The molecule has 0 fully saturated rings. The van der Waals surface area contributed by atoms with Gasteiger partial charge >= 0.3 is 0 Å². The lowest BCUT2D eigenvalue weighted by molar-refractivity contribution is 0.717. The summed E-state index contributed by atoms with van der Waals surface area (Å²) in [4.78, 5) is 11.5. The van der Waals surface area contributed by atoms with E-state index >= 15 is 0 Å². The van der Waals surface area contributed by atoms with E-state index in [-0.39, 0.29) is 0 Å². The highest BCUT2D eigenvalue weighted by Crippen LogP contribution is 2.26. The van der Waals surface area contributed by atoms with Crippen LogP contribution in [0, 0.1) is 6.92 Å². The topological polar surface area (TPSA) is 41.1 Å². The lowest BCUT2D eigenvalue weighted by Gasteiger charge is -2.30. The zero-order valence-electron chi connectivity index (χ0n) is 13.2. The molecule has 0 unspecified atom stereocenters. The SMILES string of the molecule is Cc1cc(N2CCc3cc(Br)ccc3C2)nc(NC(C)C)n1. The van der Waals surface area contributed by atoms with Gasteiger partial charge in [0.1, 0.15) is 5.82 Å². The van der Waals surface area contributed by atoms with Gasteiger partial charge in [0.15, 0.2) is 0 Å². The van der Waals surface area contributed by atoms with Crippen molar-refractivity contribution in [1.29, 1.82) is 0 Å². The van der Waals surface area contributed by atoms with Gasteiger partial charge in [-0.15, -0.1) is 0 Å². The first-order valence-electron chi connectivity index (χ1n) is 7.66. The molecule has 0 radical (unpaired) electrons. The number of anilines is 2. The van der Waals surface area contributed by atoms with Gasteiger partial charge < -0.3 is 10.2 Å². The van der Waals surface area contributed by atoms with Gasteiger partial charge in [-0.2, -0.15) is 4.98 Å². The van der Waals surface area contributed by atoms with E-state index < -0.39 is 0 Å². The van der Waals surface area contributed by atoms with Gasteiger partial charge in [0.05, 0.1) is 0 Å². The van der Waals surface area contributed by atoms with E-state index in [4.69, 9.17) is 0 Å². The van der Waals surface area contributed by atoms with Gasteiger partial charge in [0.2, 0.25) is 5.95 Å². The standard InChI is InChI=1S/C17H21BrN4/c1-11(2)19-17-20-12(3)8-16(21-17)22-7-6-13-9-15(18)5-4-14(13)10-22/h4-5,8-9,11H,6-7,10H2,1-3H3,(H,19,20,21). The lowest BCUT2D eigenvalue weighted by Crippen LogP contribution is -2.31. The summed E-state index contributed by atoms with van der Waals surface area (Å²) >= 11 is 3.55. The molecule has 1 aliphatic heterocycles. The third-order valence-electron chi connectivity index (χ3n) is 3.76. The second kappa shape index (κ2) is 6.24. The minimum atomic E-state index is 0.328. The molecule has 1 N–H and O–H groups in total. The fourth-order valence-electron chi connectivity index (χ4n) is 2.75. The number of benzene rings is 1. The summed E-state index contributed by atoms with van der Waals surface area (Å²) < 4.78 is 1.15. The molecule has 22 heavy (non-hydrogen) atoms. The first kappa shape index (κ1) is 15.3. The van der Waals surface area contributed by atoms with E-state index in [0.29, 0.717) is 12.0 Å². The van der Waals surface area contributed by atoms with Crippen molar-refractivity contribution in [3.05, 3.63) is 45.6 Å². The van der Waals surface area contributed by atoms with E-state index in [2.05, 4.69) is 74.2 Å². The number of rotatable bonds is 3. The molecule has 0 spiro atoms. The maximum absolute atomic E-state index is 4.68. The number of nitrogens with zero attached hydrogens (tertiary/aromatic N) is 3. The summed E-state index contributed by atoms with van der Waals surface area (Å²) in [5.74, 6) is 1.72. The van der Waals surface area contributed by atoms with Crippen molar-refractivity contribution in [3.63, 3.8) is 0 Å². The lowest BCUT2D eigenvalue weighted by atomic mass is 10.00. The van der Waals surface area contributed by atoms with Crippen molar-refractivity contribution in [1.82, 2.24) is 9.97 Å². The average molecular weight is 361 g/mol. The molecular weight excluding hydrogens is 340 g/mol. The highest BCUT2D eigenvalue weighted by Gasteiger charge is 2.18. The predicted octanol–water partition coefficient (Wildman–Crippen LogP) is 3.93. The van der Waals surface area contributed by atoms with Gasteiger partial charge in [-0.25, -0.2) is 4.98 Å². The second-order valence-corrected chi connectivity index (χ2v) is 6.99. The number of fused-ring (bicyclic) bond motifs is 1. The summed E-state index contributed by atoms with van der Waals surface area (Å²) in [6, 6.07) is 8.93. The van der Waals surface area contributed by atoms with Crippen LogP contribution < -0.4 is 10.2 Å². The number of aryl methyl sites for hydroxylation is 1. The number of nitrogens with one attached hydrogen (secondary N) is 1. The maximum Gasteiger partial charge on any atom is 0.225 e. The molecular formula is C17H21BrN4. The molecule has 0 amide bonds. The number of hydrogen-bond donors (Lipinski definition) is 1. The third-order valence-corrected chi connectivity index (χ3v) is 4.26. The first-order chi connectivity index (χ1) is 10.5. The zero-order chi connectivity index (χ0) is 15.7. The molecule has 0 saturated carbocycles. The summed E-state index contributed by atoms with van der Waals surface area (Å²) in [5, 5.41) is 3.30. The minimum Gasteiger partial charge on any atom is -0.352 e. The van der Waals surface area contributed by atoms with Crippen molar-refractivity contribution in [3.8, 4) is 0 Å². The molecule has 5 heteroatoms.